The molecule has 0 amide bonds. The van der Waals surface area contributed by atoms with Crippen molar-refractivity contribution in [2.75, 3.05) is 0 Å². The molecule has 2 aromatic carbocycles. The Morgan fingerprint density at radius 3 is 2.16 bits per heavy atom. The third kappa shape index (κ3) is 2.79. The monoisotopic (exact) mass is 253 g/mol. The van der Waals surface area contributed by atoms with E-state index in [0.717, 1.165) is 5.92 Å². The standard InChI is InChI=1S/C17H19NO/c1-12-11-16(12)18-17(13-5-3-2-4-6-13)14-7-9-15(19)10-8-14/h2-10,12,16-19H,11H2,1H3. The molecule has 1 aliphatic carbocycles. The Morgan fingerprint density at radius 1 is 1.00 bits per heavy atom. The second kappa shape index (κ2) is 5.06. The van der Waals surface area contributed by atoms with E-state index in [1.54, 1.807) is 12.1 Å². The molecule has 2 aromatic rings. The van der Waals surface area contributed by atoms with E-state index >= 15 is 0 Å². The molecule has 3 atom stereocenters. The number of hydrogen-bond donors (Lipinski definition) is 2. The van der Waals surface area contributed by atoms with Gasteiger partial charge in [-0.3, -0.25) is 0 Å². The van der Waals surface area contributed by atoms with E-state index in [4.69, 9.17) is 0 Å². The summed E-state index contributed by atoms with van der Waals surface area (Å²) in [6.45, 7) is 2.27. The maximum absolute atomic E-state index is 9.42. The molecule has 98 valence electrons. The van der Waals surface area contributed by atoms with Crippen LogP contribution in [0.25, 0.3) is 0 Å². The molecule has 1 aliphatic rings. The van der Waals surface area contributed by atoms with E-state index in [1.165, 1.54) is 17.5 Å². The van der Waals surface area contributed by atoms with Crippen molar-refractivity contribution in [1.82, 2.24) is 5.32 Å². The topological polar surface area (TPSA) is 32.3 Å². The molecule has 3 unspecified atom stereocenters. The molecule has 2 heteroatoms. The number of benzene rings is 2. The van der Waals surface area contributed by atoms with Crippen molar-refractivity contribution in [2.24, 2.45) is 5.92 Å². The molecule has 0 aromatic heterocycles. The molecular formula is C17H19NO. The molecular weight excluding hydrogens is 234 g/mol. The predicted molar refractivity (Wildman–Crippen MR) is 77.1 cm³/mol. The van der Waals surface area contributed by atoms with Gasteiger partial charge in [0.05, 0.1) is 6.04 Å². The van der Waals surface area contributed by atoms with E-state index < -0.39 is 0 Å². The first-order chi connectivity index (χ1) is 9.24. The van der Waals surface area contributed by atoms with Gasteiger partial charge in [-0.1, -0.05) is 49.4 Å². The number of phenolic OH excluding ortho intramolecular Hbond substituents is 1. The van der Waals surface area contributed by atoms with Crippen molar-refractivity contribution in [3.05, 3.63) is 65.7 Å². The van der Waals surface area contributed by atoms with Crippen LogP contribution in [0.4, 0.5) is 0 Å². The molecule has 3 rings (SSSR count). The van der Waals surface area contributed by atoms with Gasteiger partial charge in [0, 0.05) is 6.04 Å². The summed E-state index contributed by atoms with van der Waals surface area (Å²) in [6, 6.07) is 18.8. The van der Waals surface area contributed by atoms with Crippen LogP contribution >= 0.6 is 0 Å². The number of rotatable bonds is 4. The molecule has 0 spiro atoms. The zero-order chi connectivity index (χ0) is 13.2. The first kappa shape index (κ1) is 12.2. The summed E-state index contributed by atoms with van der Waals surface area (Å²) < 4.78 is 0. The van der Waals surface area contributed by atoms with Crippen molar-refractivity contribution in [3.63, 3.8) is 0 Å². The fourth-order valence-electron chi connectivity index (χ4n) is 2.47. The maximum atomic E-state index is 9.42. The lowest BCUT2D eigenvalue weighted by atomic mass is 9.98. The van der Waals surface area contributed by atoms with E-state index in [2.05, 4.69) is 36.5 Å². The van der Waals surface area contributed by atoms with E-state index in [9.17, 15) is 5.11 Å². The Kier molecular flexibility index (Phi) is 3.26. The molecule has 2 nitrogen and oxygen atoms in total. The summed E-state index contributed by atoms with van der Waals surface area (Å²) >= 11 is 0. The van der Waals surface area contributed by atoms with Gasteiger partial charge in [0.2, 0.25) is 0 Å². The van der Waals surface area contributed by atoms with Gasteiger partial charge >= 0.3 is 0 Å². The summed E-state index contributed by atoms with van der Waals surface area (Å²) in [4.78, 5) is 0. The van der Waals surface area contributed by atoms with Gasteiger partial charge in [0.15, 0.2) is 0 Å². The maximum Gasteiger partial charge on any atom is 0.115 e. The first-order valence-electron chi connectivity index (χ1n) is 6.84. The second-order valence-electron chi connectivity index (χ2n) is 5.42. The molecule has 1 saturated carbocycles. The molecule has 0 radical (unpaired) electrons. The lowest BCUT2D eigenvalue weighted by molar-refractivity contribution is 0.474. The SMILES string of the molecule is CC1CC1NC(c1ccccc1)c1ccc(O)cc1. The highest BCUT2D eigenvalue weighted by Gasteiger charge is 2.34. The molecule has 0 bridgehead atoms. The second-order valence-corrected chi connectivity index (χ2v) is 5.42. The van der Waals surface area contributed by atoms with Crippen LogP contribution in [0.15, 0.2) is 54.6 Å². The Bertz CT molecular complexity index is 535. The third-order valence-corrected chi connectivity index (χ3v) is 3.85. The zero-order valence-electron chi connectivity index (χ0n) is 11.1. The van der Waals surface area contributed by atoms with Gasteiger partial charge in [0.25, 0.3) is 0 Å². The number of hydrogen-bond acceptors (Lipinski definition) is 2. The molecule has 0 aliphatic heterocycles. The first-order valence-corrected chi connectivity index (χ1v) is 6.84. The van der Waals surface area contributed by atoms with Gasteiger partial charge < -0.3 is 10.4 Å². The Labute approximate surface area is 114 Å². The minimum absolute atomic E-state index is 0.205. The van der Waals surface area contributed by atoms with Crippen molar-refractivity contribution in [2.45, 2.75) is 25.4 Å². The lowest BCUT2D eigenvalue weighted by Gasteiger charge is -2.20. The molecule has 19 heavy (non-hydrogen) atoms. The van der Waals surface area contributed by atoms with Gasteiger partial charge in [0.1, 0.15) is 5.75 Å². The zero-order valence-corrected chi connectivity index (χ0v) is 11.1. The van der Waals surface area contributed by atoms with Crippen LogP contribution in [0, 0.1) is 5.92 Å². The van der Waals surface area contributed by atoms with Gasteiger partial charge in [-0.05, 0) is 35.6 Å². The Morgan fingerprint density at radius 2 is 1.58 bits per heavy atom. The van der Waals surface area contributed by atoms with Crippen LogP contribution in [0.2, 0.25) is 0 Å². The normalized spacial score (nSPS) is 23.0. The van der Waals surface area contributed by atoms with Gasteiger partial charge in [-0.15, -0.1) is 0 Å². The fourth-order valence-corrected chi connectivity index (χ4v) is 2.47. The molecule has 0 heterocycles. The summed E-state index contributed by atoms with van der Waals surface area (Å²) in [5.41, 5.74) is 2.47. The smallest absolute Gasteiger partial charge is 0.115 e. The minimum atomic E-state index is 0.205. The summed E-state index contributed by atoms with van der Waals surface area (Å²) in [5.74, 6) is 1.08. The molecule has 1 fully saturated rings. The van der Waals surface area contributed by atoms with Crippen molar-refractivity contribution < 1.29 is 5.11 Å². The van der Waals surface area contributed by atoms with E-state index in [0.29, 0.717) is 11.8 Å². The lowest BCUT2D eigenvalue weighted by Crippen LogP contribution is -2.25. The van der Waals surface area contributed by atoms with Gasteiger partial charge in [-0.2, -0.15) is 0 Å². The van der Waals surface area contributed by atoms with Crippen LogP contribution in [0.3, 0.4) is 0 Å². The van der Waals surface area contributed by atoms with Crippen LogP contribution in [0.1, 0.15) is 30.5 Å². The molecule has 2 N–H and O–H groups in total. The minimum Gasteiger partial charge on any atom is -0.508 e. The number of nitrogens with one attached hydrogen (secondary N) is 1. The third-order valence-electron chi connectivity index (χ3n) is 3.85. The van der Waals surface area contributed by atoms with Crippen molar-refractivity contribution >= 4 is 0 Å². The van der Waals surface area contributed by atoms with Gasteiger partial charge in [-0.25, -0.2) is 0 Å². The fraction of sp³-hybridized carbons (Fsp3) is 0.294. The Hall–Kier alpha value is -1.80. The Balaban J connectivity index is 1.89. The van der Waals surface area contributed by atoms with Crippen molar-refractivity contribution in [1.29, 1.82) is 0 Å². The summed E-state index contributed by atoms with van der Waals surface area (Å²) in [6.07, 6.45) is 1.25. The predicted octanol–water partition coefficient (Wildman–Crippen LogP) is 3.48. The highest BCUT2D eigenvalue weighted by Crippen LogP contribution is 2.34. The average Bonchev–Trinajstić information content (AvgIpc) is 3.14. The van der Waals surface area contributed by atoms with Crippen molar-refractivity contribution in [3.8, 4) is 5.75 Å². The number of phenols is 1. The highest BCUT2D eigenvalue weighted by molar-refractivity contribution is 5.35. The van der Waals surface area contributed by atoms with Crippen LogP contribution in [-0.4, -0.2) is 11.1 Å². The molecule has 0 saturated heterocycles. The largest absolute Gasteiger partial charge is 0.508 e. The van der Waals surface area contributed by atoms with Crippen LogP contribution < -0.4 is 5.32 Å². The van der Waals surface area contributed by atoms with E-state index in [1.807, 2.05) is 18.2 Å². The van der Waals surface area contributed by atoms with Crippen LogP contribution in [-0.2, 0) is 0 Å². The summed E-state index contributed by atoms with van der Waals surface area (Å²) in [5, 5.41) is 13.1. The number of aromatic hydroxyl groups is 1. The quantitative estimate of drug-likeness (QED) is 0.874. The average molecular weight is 253 g/mol. The van der Waals surface area contributed by atoms with E-state index in [-0.39, 0.29) is 6.04 Å². The summed E-state index contributed by atoms with van der Waals surface area (Å²) in [7, 11) is 0. The van der Waals surface area contributed by atoms with Crippen LogP contribution in [0.5, 0.6) is 5.75 Å². The highest BCUT2D eigenvalue weighted by atomic mass is 16.3.